The smallest absolute Gasteiger partial charge is 0.270 e. The number of aromatic hydroxyl groups is 1. The standard InChI is InChI=1S/C9H7N5O3/c15-8-2-1-7(14(16)17)3-6(8)4-10-9-11-5-12-13-9/h1-5,15H,(H,11,12,13)/b10-4+. The fourth-order valence-corrected chi connectivity index (χ4v) is 1.15. The van der Waals surface area contributed by atoms with Gasteiger partial charge in [0.15, 0.2) is 0 Å². The summed E-state index contributed by atoms with van der Waals surface area (Å²) in [4.78, 5) is 17.6. The van der Waals surface area contributed by atoms with E-state index in [1.165, 1.54) is 30.7 Å². The molecule has 1 aromatic carbocycles. The van der Waals surface area contributed by atoms with Crippen LogP contribution in [0.5, 0.6) is 5.75 Å². The molecule has 2 N–H and O–H groups in total. The summed E-state index contributed by atoms with van der Waals surface area (Å²) in [5.74, 6) is 0.148. The van der Waals surface area contributed by atoms with E-state index in [1.54, 1.807) is 0 Å². The lowest BCUT2D eigenvalue weighted by Gasteiger charge is -1.97. The van der Waals surface area contributed by atoms with Crippen LogP contribution in [-0.4, -0.2) is 31.4 Å². The number of phenols is 1. The van der Waals surface area contributed by atoms with Gasteiger partial charge in [0.25, 0.3) is 5.69 Å². The van der Waals surface area contributed by atoms with Crippen molar-refractivity contribution < 1.29 is 10.0 Å². The number of hydrogen-bond acceptors (Lipinski definition) is 6. The number of aromatic amines is 1. The van der Waals surface area contributed by atoms with E-state index >= 15 is 0 Å². The van der Waals surface area contributed by atoms with E-state index in [1.807, 2.05) is 0 Å². The molecule has 0 aliphatic rings. The minimum Gasteiger partial charge on any atom is -0.507 e. The van der Waals surface area contributed by atoms with Crippen molar-refractivity contribution in [2.24, 2.45) is 4.99 Å². The van der Waals surface area contributed by atoms with E-state index in [0.29, 0.717) is 0 Å². The summed E-state index contributed by atoms with van der Waals surface area (Å²) in [6.07, 6.45) is 2.54. The fourth-order valence-electron chi connectivity index (χ4n) is 1.15. The number of nitrogens with zero attached hydrogens (tertiary/aromatic N) is 4. The molecule has 8 nitrogen and oxygen atoms in total. The van der Waals surface area contributed by atoms with Gasteiger partial charge in [-0.15, -0.1) is 0 Å². The van der Waals surface area contributed by atoms with Gasteiger partial charge in [0.1, 0.15) is 12.1 Å². The number of aliphatic imine (C=N–C) groups is 1. The average molecular weight is 233 g/mol. The highest BCUT2D eigenvalue weighted by Gasteiger charge is 2.08. The van der Waals surface area contributed by atoms with Gasteiger partial charge in [-0.3, -0.25) is 10.1 Å². The van der Waals surface area contributed by atoms with Crippen LogP contribution in [0.3, 0.4) is 0 Å². The molecule has 2 rings (SSSR count). The van der Waals surface area contributed by atoms with Crippen molar-refractivity contribution in [1.82, 2.24) is 15.2 Å². The first-order valence-corrected chi connectivity index (χ1v) is 4.53. The van der Waals surface area contributed by atoms with Gasteiger partial charge in [-0.05, 0) is 6.07 Å². The van der Waals surface area contributed by atoms with Crippen LogP contribution in [0.2, 0.25) is 0 Å². The van der Waals surface area contributed by atoms with Crippen molar-refractivity contribution >= 4 is 17.9 Å². The van der Waals surface area contributed by atoms with Gasteiger partial charge in [-0.1, -0.05) is 0 Å². The molecule has 1 aromatic heterocycles. The van der Waals surface area contributed by atoms with Crippen LogP contribution in [0.25, 0.3) is 0 Å². The summed E-state index contributed by atoms with van der Waals surface area (Å²) in [5, 5.41) is 26.1. The highest BCUT2D eigenvalue weighted by molar-refractivity contribution is 5.85. The molecule has 0 aliphatic heterocycles. The number of nitrogens with one attached hydrogen (secondary N) is 1. The highest BCUT2D eigenvalue weighted by atomic mass is 16.6. The normalized spacial score (nSPS) is 10.8. The fraction of sp³-hybridized carbons (Fsp3) is 0. The summed E-state index contributed by atoms with van der Waals surface area (Å²) >= 11 is 0. The molecule has 0 amide bonds. The lowest BCUT2D eigenvalue weighted by molar-refractivity contribution is -0.384. The SMILES string of the molecule is O=[N+]([O-])c1ccc(O)c(/C=N/c2ncn[nH]2)c1. The molecule has 0 bridgehead atoms. The molecule has 0 atom stereocenters. The maximum absolute atomic E-state index is 10.5. The zero-order valence-corrected chi connectivity index (χ0v) is 8.44. The molecule has 86 valence electrons. The largest absolute Gasteiger partial charge is 0.507 e. The van der Waals surface area contributed by atoms with Crippen molar-refractivity contribution in [2.75, 3.05) is 0 Å². The number of rotatable bonds is 3. The van der Waals surface area contributed by atoms with Crippen molar-refractivity contribution in [3.8, 4) is 5.75 Å². The lowest BCUT2D eigenvalue weighted by atomic mass is 10.2. The third kappa shape index (κ3) is 2.43. The van der Waals surface area contributed by atoms with E-state index in [-0.39, 0.29) is 22.9 Å². The van der Waals surface area contributed by atoms with E-state index in [0.717, 1.165) is 0 Å². The van der Waals surface area contributed by atoms with Gasteiger partial charge in [0, 0.05) is 23.9 Å². The monoisotopic (exact) mass is 233 g/mol. The molecule has 0 radical (unpaired) electrons. The predicted molar refractivity (Wildman–Crippen MR) is 58.4 cm³/mol. The summed E-state index contributed by atoms with van der Waals surface area (Å²) in [6.45, 7) is 0. The first-order chi connectivity index (χ1) is 8.16. The molecule has 0 unspecified atom stereocenters. The second kappa shape index (κ2) is 4.39. The molecule has 0 fully saturated rings. The van der Waals surface area contributed by atoms with Crippen molar-refractivity contribution in [1.29, 1.82) is 0 Å². The molecule has 17 heavy (non-hydrogen) atoms. The van der Waals surface area contributed by atoms with Crippen LogP contribution < -0.4 is 0 Å². The second-order valence-corrected chi connectivity index (χ2v) is 3.07. The Kier molecular flexibility index (Phi) is 2.77. The van der Waals surface area contributed by atoms with E-state index in [4.69, 9.17) is 0 Å². The van der Waals surface area contributed by atoms with E-state index in [9.17, 15) is 15.2 Å². The van der Waals surface area contributed by atoms with Gasteiger partial charge in [0.05, 0.1) is 4.92 Å². The minimum absolute atomic E-state index is 0.0983. The summed E-state index contributed by atoms with van der Waals surface area (Å²) in [6, 6.07) is 3.66. The minimum atomic E-state index is -0.550. The lowest BCUT2D eigenvalue weighted by Crippen LogP contribution is -1.90. The van der Waals surface area contributed by atoms with Gasteiger partial charge < -0.3 is 5.11 Å². The van der Waals surface area contributed by atoms with Crippen molar-refractivity contribution in [3.05, 3.63) is 40.2 Å². The van der Waals surface area contributed by atoms with E-state index in [2.05, 4.69) is 20.2 Å². The van der Waals surface area contributed by atoms with Crippen LogP contribution >= 0.6 is 0 Å². The van der Waals surface area contributed by atoms with Crippen LogP contribution in [-0.2, 0) is 0 Å². The average Bonchev–Trinajstić information content (AvgIpc) is 2.80. The Morgan fingerprint density at radius 3 is 3.00 bits per heavy atom. The topological polar surface area (TPSA) is 117 Å². The van der Waals surface area contributed by atoms with Gasteiger partial charge in [-0.25, -0.2) is 10.1 Å². The summed E-state index contributed by atoms with van der Waals surface area (Å²) in [5.41, 5.74) is 0.109. The summed E-state index contributed by atoms with van der Waals surface area (Å²) < 4.78 is 0. The highest BCUT2D eigenvalue weighted by Crippen LogP contribution is 2.21. The Hall–Kier alpha value is -2.77. The maximum atomic E-state index is 10.5. The van der Waals surface area contributed by atoms with Crippen LogP contribution in [0, 0.1) is 10.1 Å². The number of aromatic nitrogens is 3. The molecule has 0 spiro atoms. The van der Waals surface area contributed by atoms with Crippen molar-refractivity contribution in [3.63, 3.8) is 0 Å². The Labute approximate surface area is 94.8 Å². The molecule has 0 saturated heterocycles. The number of hydrogen-bond donors (Lipinski definition) is 2. The Morgan fingerprint density at radius 2 is 2.35 bits per heavy atom. The first-order valence-electron chi connectivity index (χ1n) is 4.53. The number of H-pyrrole nitrogens is 1. The molecule has 0 saturated carbocycles. The second-order valence-electron chi connectivity index (χ2n) is 3.07. The zero-order valence-electron chi connectivity index (χ0n) is 8.44. The third-order valence-corrected chi connectivity index (χ3v) is 1.95. The van der Waals surface area contributed by atoms with E-state index < -0.39 is 4.92 Å². The van der Waals surface area contributed by atoms with Crippen LogP contribution in [0.15, 0.2) is 29.5 Å². The van der Waals surface area contributed by atoms with Crippen LogP contribution in [0.1, 0.15) is 5.56 Å². The molecule has 1 heterocycles. The van der Waals surface area contributed by atoms with Gasteiger partial charge in [0.2, 0.25) is 5.95 Å². The van der Waals surface area contributed by atoms with Gasteiger partial charge in [-0.2, -0.15) is 10.1 Å². The Morgan fingerprint density at radius 1 is 1.53 bits per heavy atom. The molecular weight excluding hydrogens is 226 g/mol. The molecule has 0 aliphatic carbocycles. The Balaban J connectivity index is 2.31. The molecule has 2 aromatic rings. The van der Waals surface area contributed by atoms with Crippen molar-refractivity contribution in [2.45, 2.75) is 0 Å². The number of nitro benzene ring substituents is 1. The first kappa shape index (κ1) is 10.7. The zero-order chi connectivity index (χ0) is 12.3. The number of benzene rings is 1. The molecule has 8 heteroatoms. The number of nitro groups is 1. The predicted octanol–water partition coefficient (Wildman–Crippen LogP) is 1.17. The van der Waals surface area contributed by atoms with Crippen LogP contribution in [0.4, 0.5) is 11.6 Å². The Bertz CT molecular complexity index is 564. The quantitative estimate of drug-likeness (QED) is 0.468. The van der Waals surface area contributed by atoms with Gasteiger partial charge >= 0.3 is 0 Å². The number of non-ortho nitro benzene ring substituents is 1. The maximum Gasteiger partial charge on any atom is 0.270 e. The third-order valence-electron chi connectivity index (χ3n) is 1.95. The summed E-state index contributed by atoms with van der Waals surface area (Å²) in [7, 11) is 0. The number of phenolic OH excluding ortho intramolecular Hbond substituents is 1. The molecular formula is C9H7N5O3.